The van der Waals surface area contributed by atoms with Crippen LogP contribution in [0.1, 0.15) is 27.0 Å². The maximum Gasteiger partial charge on any atom is 0.170 e. The van der Waals surface area contributed by atoms with Gasteiger partial charge in [-0.25, -0.2) is 4.39 Å². The average molecular weight is 350 g/mol. The van der Waals surface area contributed by atoms with Gasteiger partial charge in [-0.1, -0.05) is 42.0 Å². The zero-order chi connectivity index (χ0) is 18.5. The number of phenols is 1. The Morgan fingerprint density at radius 1 is 0.962 bits per heavy atom. The predicted octanol–water partition coefficient (Wildman–Crippen LogP) is 4.84. The first-order valence-corrected chi connectivity index (χ1v) is 8.30. The summed E-state index contributed by atoms with van der Waals surface area (Å²) in [7, 11) is 0. The van der Waals surface area contributed by atoms with Crippen molar-refractivity contribution >= 4 is 5.78 Å². The van der Waals surface area contributed by atoms with E-state index in [0.29, 0.717) is 5.75 Å². The Kier molecular flexibility index (Phi) is 5.32. The van der Waals surface area contributed by atoms with Gasteiger partial charge in [0.25, 0.3) is 0 Å². The van der Waals surface area contributed by atoms with Crippen molar-refractivity contribution in [3.05, 3.63) is 94.8 Å². The Morgan fingerprint density at radius 3 is 2.27 bits per heavy atom. The minimum Gasteiger partial charge on any atom is -0.507 e. The summed E-state index contributed by atoms with van der Waals surface area (Å²) in [6.07, 6.45) is 0.226. The first-order chi connectivity index (χ1) is 12.5. The van der Waals surface area contributed by atoms with E-state index >= 15 is 0 Å². The molecule has 0 aliphatic heterocycles. The van der Waals surface area contributed by atoms with E-state index in [2.05, 4.69) is 0 Å². The van der Waals surface area contributed by atoms with Gasteiger partial charge in [-0.2, -0.15) is 0 Å². The average Bonchev–Trinajstić information content (AvgIpc) is 2.63. The van der Waals surface area contributed by atoms with Crippen LogP contribution in [0.3, 0.4) is 0 Å². The zero-order valence-electron chi connectivity index (χ0n) is 14.4. The number of rotatable bonds is 6. The molecule has 0 heterocycles. The number of benzene rings is 3. The molecule has 0 aliphatic rings. The summed E-state index contributed by atoms with van der Waals surface area (Å²) in [6, 6.07) is 18.3. The van der Waals surface area contributed by atoms with Crippen molar-refractivity contribution in [1.82, 2.24) is 0 Å². The first kappa shape index (κ1) is 17.7. The van der Waals surface area contributed by atoms with Gasteiger partial charge in [-0.3, -0.25) is 4.79 Å². The van der Waals surface area contributed by atoms with Crippen LogP contribution in [0.25, 0.3) is 0 Å². The number of aryl methyl sites for hydroxylation is 1. The molecule has 0 unspecified atom stereocenters. The van der Waals surface area contributed by atoms with Crippen molar-refractivity contribution < 1.29 is 19.0 Å². The van der Waals surface area contributed by atoms with Crippen LogP contribution < -0.4 is 4.74 Å². The van der Waals surface area contributed by atoms with E-state index in [-0.39, 0.29) is 35.9 Å². The largest absolute Gasteiger partial charge is 0.507 e. The van der Waals surface area contributed by atoms with Gasteiger partial charge in [-0.05, 0) is 42.3 Å². The van der Waals surface area contributed by atoms with E-state index in [9.17, 15) is 14.3 Å². The van der Waals surface area contributed by atoms with Crippen molar-refractivity contribution in [2.75, 3.05) is 0 Å². The van der Waals surface area contributed by atoms with Crippen LogP contribution >= 0.6 is 0 Å². The molecule has 3 aromatic carbocycles. The molecule has 0 aromatic heterocycles. The molecule has 132 valence electrons. The number of carbonyl (C=O) groups is 1. The molecule has 0 fully saturated rings. The molecular formula is C22H19FO3. The predicted molar refractivity (Wildman–Crippen MR) is 98.1 cm³/mol. The molecule has 3 nitrogen and oxygen atoms in total. The summed E-state index contributed by atoms with van der Waals surface area (Å²) in [5.74, 6) is -0.128. The number of ketones is 1. The second-order valence-electron chi connectivity index (χ2n) is 6.18. The minimum absolute atomic E-state index is 0.112. The lowest BCUT2D eigenvalue weighted by molar-refractivity contribution is 0.0990. The normalized spacial score (nSPS) is 10.5. The van der Waals surface area contributed by atoms with Crippen LogP contribution in [0, 0.1) is 12.7 Å². The third-order valence-electron chi connectivity index (χ3n) is 4.07. The van der Waals surface area contributed by atoms with Gasteiger partial charge >= 0.3 is 0 Å². The number of Topliss-reactive ketones (excluding diaryl/α,β-unsaturated/α-hetero) is 1. The third kappa shape index (κ3) is 4.48. The molecule has 3 rings (SSSR count). The number of ether oxygens (including phenoxy) is 1. The van der Waals surface area contributed by atoms with Crippen LogP contribution in [0.5, 0.6) is 11.5 Å². The van der Waals surface area contributed by atoms with Crippen LogP contribution in [-0.2, 0) is 13.0 Å². The molecule has 0 saturated carbocycles. The van der Waals surface area contributed by atoms with Crippen molar-refractivity contribution in [3.63, 3.8) is 0 Å². The van der Waals surface area contributed by atoms with Gasteiger partial charge in [-0.15, -0.1) is 0 Å². The quantitative estimate of drug-likeness (QED) is 0.647. The monoisotopic (exact) mass is 350 g/mol. The molecule has 26 heavy (non-hydrogen) atoms. The minimum atomic E-state index is -0.303. The fourth-order valence-electron chi connectivity index (χ4n) is 2.57. The fourth-order valence-corrected chi connectivity index (χ4v) is 2.57. The van der Waals surface area contributed by atoms with E-state index in [0.717, 1.165) is 16.7 Å². The number of phenolic OH excluding ortho intramolecular Hbond substituents is 1. The molecule has 0 aliphatic carbocycles. The molecule has 0 amide bonds. The van der Waals surface area contributed by atoms with Crippen molar-refractivity contribution in [2.24, 2.45) is 0 Å². The van der Waals surface area contributed by atoms with E-state index < -0.39 is 0 Å². The van der Waals surface area contributed by atoms with Crippen LogP contribution in [0.2, 0.25) is 0 Å². The van der Waals surface area contributed by atoms with E-state index in [4.69, 9.17) is 4.74 Å². The topological polar surface area (TPSA) is 46.5 Å². The molecule has 3 aromatic rings. The van der Waals surface area contributed by atoms with E-state index in [1.54, 1.807) is 24.3 Å². The highest BCUT2D eigenvalue weighted by atomic mass is 19.1. The molecule has 0 spiro atoms. The number of aromatic hydroxyl groups is 1. The molecule has 0 radical (unpaired) electrons. The summed E-state index contributed by atoms with van der Waals surface area (Å²) in [4.78, 5) is 12.4. The lowest BCUT2D eigenvalue weighted by Gasteiger charge is -2.09. The molecule has 0 atom stereocenters. The number of hydrogen-bond donors (Lipinski definition) is 1. The van der Waals surface area contributed by atoms with Gasteiger partial charge in [0.05, 0.1) is 5.56 Å². The van der Waals surface area contributed by atoms with Gasteiger partial charge < -0.3 is 9.84 Å². The number of carbonyl (C=O) groups excluding carboxylic acids is 1. The molecule has 0 saturated heterocycles. The third-order valence-corrected chi connectivity index (χ3v) is 4.07. The Bertz CT molecular complexity index is 900. The summed E-state index contributed by atoms with van der Waals surface area (Å²) < 4.78 is 18.5. The molecule has 4 heteroatoms. The Balaban J connectivity index is 1.65. The van der Waals surface area contributed by atoms with Crippen molar-refractivity contribution in [3.8, 4) is 11.5 Å². The lowest BCUT2D eigenvalue weighted by atomic mass is 10.0. The zero-order valence-corrected chi connectivity index (χ0v) is 14.4. The molecule has 1 N–H and O–H groups in total. The fraction of sp³-hybridized carbons (Fsp3) is 0.136. The van der Waals surface area contributed by atoms with Crippen LogP contribution in [-0.4, -0.2) is 10.9 Å². The second kappa shape index (κ2) is 7.83. The number of halogens is 1. The highest BCUT2D eigenvalue weighted by Crippen LogP contribution is 2.25. The van der Waals surface area contributed by atoms with Crippen molar-refractivity contribution in [1.29, 1.82) is 0 Å². The van der Waals surface area contributed by atoms with E-state index in [1.807, 2.05) is 31.2 Å². The smallest absolute Gasteiger partial charge is 0.170 e. The Labute approximate surface area is 151 Å². The lowest BCUT2D eigenvalue weighted by Crippen LogP contribution is -2.04. The second-order valence-corrected chi connectivity index (χ2v) is 6.18. The Hall–Kier alpha value is -3.14. The van der Waals surface area contributed by atoms with Gasteiger partial charge in [0.1, 0.15) is 23.9 Å². The standard InChI is InChI=1S/C22H19FO3/c1-15-2-4-16(5-3-15)12-21(24)20-11-10-19(13-22(20)25)26-14-17-6-8-18(23)9-7-17/h2-11,13,25H,12,14H2,1H3. The van der Waals surface area contributed by atoms with Gasteiger partial charge in [0.15, 0.2) is 5.78 Å². The summed E-state index contributed by atoms with van der Waals surface area (Å²) >= 11 is 0. The van der Waals surface area contributed by atoms with Gasteiger partial charge in [0, 0.05) is 12.5 Å². The summed E-state index contributed by atoms with van der Waals surface area (Å²) in [6.45, 7) is 2.23. The van der Waals surface area contributed by atoms with Crippen LogP contribution in [0.15, 0.2) is 66.7 Å². The van der Waals surface area contributed by atoms with Gasteiger partial charge in [0.2, 0.25) is 0 Å². The highest BCUT2D eigenvalue weighted by Gasteiger charge is 2.13. The molecular weight excluding hydrogens is 331 g/mol. The van der Waals surface area contributed by atoms with E-state index in [1.165, 1.54) is 18.2 Å². The van der Waals surface area contributed by atoms with Crippen molar-refractivity contribution in [2.45, 2.75) is 20.0 Å². The highest BCUT2D eigenvalue weighted by molar-refractivity contribution is 6.00. The number of hydrogen-bond acceptors (Lipinski definition) is 3. The maximum atomic E-state index is 12.9. The Morgan fingerprint density at radius 2 is 1.62 bits per heavy atom. The molecule has 0 bridgehead atoms. The maximum absolute atomic E-state index is 12.9. The first-order valence-electron chi connectivity index (χ1n) is 8.30. The SMILES string of the molecule is Cc1ccc(CC(=O)c2ccc(OCc3ccc(F)cc3)cc2O)cc1. The summed E-state index contributed by atoms with van der Waals surface area (Å²) in [5.41, 5.74) is 3.11. The van der Waals surface area contributed by atoms with Crippen LogP contribution in [0.4, 0.5) is 4.39 Å². The summed E-state index contributed by atoms with van der Waals surface area (Å²) in [5, 5.41) is 10.2.